The lowest BCUT2D eigenvalue weighted by Gasteiger charge is -2.32. The number of rotatable bonds is 6. The first-order valence-electron chi connectivity index (χ1n) is 8.89. The molecule has 25 heavy (non-hydrogen) atoms. The number of hydrogen-bond donors (Lipinski definition) is 2. The van der Waals surface area contributed by atoms with Gasteiger partial charge in [0, 0.05) is 13.1 Å². The van der Waals surface area contributed by atoms with Gasteiger partial charge in [0.25, 0.3) is 0 Å². The summed E-state index contributed by atoms with van der Waals surface area (Å²) in [4.78, 5) is 38.0. The zero-order chi connectivity index (χ0) is 17.8. The molecule has 0 aromatic heterocycles. The Morgan fingerprint density at radius 2 is 1.88 bits per heavy atom. The van der Waals surface area contributed by atoms with Crippen LogP contribution in [0, 0.1) is 11.8 Å². The predicted molar refractivity (Wildman–Crippen MR) is 91.7 cm³/mol. The molecule has 2 fully saturated rings. The van der Waals surface area contributed by atoms with Crippen LogP contribution in [0.25, 0.3) is 0 Å². The van der Waals surface area contributed by atoms with E-state index in [0.29, 0.717) is 25.9 Å². The SMILES string of the molecule is O=C(NC(C(=O)O)C1CC1)C1CCCN(C(=O)Cc2ccccc2)C1. The minimum absolute atomic E-state index is 0.0145. The second kappa shape index (κ2) is 7.68. The van der Waals surface area contributed by atoms with Gasteiger partial charge >= 0.3 is 5.97 Å². The third-order valence-electron chi connectivity index (χ3n) is 5.00. The zero-order valence-corrected chi connectivity index (χ0v) is 14.2. The van der Waals surface area contributed by atoms with Crippen molar-refractivity contribution in [2.24, 2.45) is 11.8 Å². The lowest BCUT2D eigenvalue weighted by molar-refractivity contribution is -0.144. The Morgan fingerprint density at radius 1 is 1.16 bits per heavy atom. The summed E-state index contributed by atoms with van der Waals surface area (Å²) < 4.78 is 0. The fourth-order valence-corrected chi connectivity index (χ4v) is 3.38. The third kappa shape index (κ3) is 4.59. The number of carboxylic acid groups (broad SMARTS) is 1. The van der Waals surface area contributed by atoms with E-state index in [9.17, 15) is 19.5 Å². The van der Waals surface area contributed by atoms with Crippen molar-refractivity contribution in [3.8, 4) is 0 Å². The molecule has 6 nitrogen and oxygen atoms in total. The van der Waals surface area contributed by atoms with Crippen molar-refractivity contribution in [2.75, 3.05) is 13.1 Å². The second-order valence-electron chi connectivity index (χ2n) is 7.00. The third-order valence-corrected chi connectivity index (χ3v) is 5.00. The van der Waals surface area contributed by atoms with Gasteiger partial charge in [-0.1, -0.05) is 30.3 Å². The smallest absolute Gasteiger partial charge is 0.326 e. The highest BCUT2D eigenvalue weighted by molar-refractivity contribution is 5.86. The summed E-state index contributed by atoms with van der Waals surface area (Å²) in [5.41, 5.74) is 0.957. The Hall–Kier alpha value is -2.37. The molecule has 1 heterocycles. The van der Waals surface area contributed by atoms with Crippen LogP contribution in [-0.2, 0) is 20.8 Å². The molecule has 3 rings (SSSR count). The quantitative estimate of drug-likeness (QED) is 0.818. The van der Waals surface area contributed by atoms with Gasteiger partial charge in [-0.2, -0.15) is 0 Å². The summed E-state index contributed by atoms with van der Waals surface area (Å²) in [6, 6.07) is 8.76. The topological polar surface area (TPSA) is 86.7 Å². The normalized spacial score (nSPS) is 21.4. The van der Waals surface area contributed by atoms with Gasteiger partial charge in [-0.05, 0) is 37.2 Å². The molecule has 134 valence electrons. The Balaban J connectivity index is 1.55. The van der Waals surface area contributed by atoms with E-state index < -0.39 is 12.0 Å². The van der Waals surface area contributed by atoms with Crippen molar-refractivity contribution in [1.29, 1.82) is 0 Å². The number of amides is 2. The van der Waals surface area contributed by atoms with Gasteiger partial charge in [-0.15, -0.1) is 0 Å². The van der Waals surface area contributed by atoms with Gasteiger partial charge in [-0.25, -0.2) is 4.79 Å². The number of aliphatic carboxylic acids is 1. The summed E-state index contributed by atoms with van der Waals surface area (Å²) in [5, 5.41) is 11.9. The summed E-state index contributed by atoms with van der Waals surface area (Å²) in [6.45, 7) is 1.02. The van der Waals surface area contributed by atoms with E-state index in [-0.39, 0.29) is 23.7 Å². The molecular formula is C19H24N2O4. The van der Waals surface area contributed by atoms with E-state index in [4.69, 9.17) is 0 Å². The molecule has 0 spiro atoms. The first-order valence-corrected chi connectivity index (χ1v) is 8.89. The minimum atomic E-state index is -0.969. The van der Waals surface area contributed by atoms with Crippen LogP contribution in [0.3, 0.4) is 0 Å². The highest BCUT2D eigenvalue weighted by Crippen LogP contribution is 2.33. The van der Waals surface area contributed by atoms with Gasteiger partial charge in [0.2, 0.25) is 11.8 Å². The fourth-order valence-electron chi connectivity index (χ4n) is 3.38. The molecule has 2 N–H and O–H groups in total. The Labute approximate surface area is 147 Å². The van der Waals surface area contributed by atoms with Crippen molar-refractivity contribution in [1.82, 2.24) is 10.2 Å². The van der Waals surface area contributed by atoms with Crippen molar-refractivity contribution in [2.45, 2.75) is 38.1 Å². The Morgan fingerprint density at radius 3 is 2.52 bits per heavy atom. The summed E-state index contributed by atoms with van der Waals surface area (Å²) in [5.74, 6) is -1.46. The Kier molecular flexibility index (Phi) is 5.36. The molecular weight excluding hydrogens is 320 g/mol. The molecule has 1 saturated heterocycles. The molecule has 1 saturated carbocycles. The molecule has 1 aliphatic heterocycles. The average molecular weight is 344 g/mol. The summed E-state index contributed by atoms with van der Waals surface area (Å²) >= 11 is 0. The maximum atomic E-state index is 12.5. The van der Waals surface area contributed by atoms with Crippen molar-refractivity contribution < 1.29 is 19.5 Å². The number of nitrogens with zero attached hydrogens (tertiary/aromatic N) is 1. The number of carboxylic acids is 1. The van der Waals surface area contributed by atoms with Gasteiger partial charge in [-0.3, -0.25) is 9.59 Å². The van der Waals surface area contributed by atoms with Crippen LogP contribution < -0.4 is 5.32 Å². The first-order chi connectivity index (χ1) is 12.0. The number of carbonyl (C=O) groups is 3. The number of piperidine rings is 1. The van der Waals surface area contributed by atoms with Gasteiger partial charge in [0.1, 0.15) is 6.04 Å². The van der Waals surface area contributed by atoms with Crippen LogP contribution in [0.2, 0.25) is 0 Å². The largest absolute Gasteiger partial charge is 0.480 e. The fraction of sp³-hybridized carbons (Fsp3) is 0.526. The lowest BCUT2D eigenvalue weighted by atomic mass is 9.96. The van der Waals surface area contributed by atoms with Crippen LogP contribution in [0.1, 0.15) is 31.2 Å². The van der Waals surface area contributed by atoms with E-state index >= 15 is 0 Å². The van der Waals surface area contributed by atoms with E-state index in [1.54, 1.807) is 4.90 Å². The number of likely N-dealkylation sites (tertiary alicyclic amines) is 1. The van der Waals surface area contributed by atoms with Crippen LogP contribution >= 0.6 is 0 Å². The molecule has 0 bridgehead atoms. The highest BCUT2D eigenvalue weighted by atomic mass is 16.4. The van der Waals surface area contributed by atoms with E-state index in [1.807, 2.05) is 30.3 Å². The molecule has 1 aliphatic carbocycles. The van der Waals surface area contributed by atoms with Crippen LogP contribution in [0.4, 0.5) is 0 Å². The minimum Gasteiger partial charge on any atom is -0.480 e. The van der Waals surface area contributed by atoms with E-state index in [1.165, 1.54) is 0 Å². The zero-order valence-electron chi connectivity index (χ0n) is 14.2. The summed E-state index contributed by atoms with van der Waals surface area (Å²) in [6.07, 6.45) is 3.49. The second-order valence-corrected chi connectivity index (χ2v) is 7.00. The number of carbonyl (C=O) groups excluding carboxylic acids is 2. The molecule has 2 unspecified atom stereocenters. The van der Waals surface area contributed by atoms with Crippen LogP contribution in [0.15, 0.2) is 30.3 Å². The molecule has 6 heteroatoms. The molecule has 2 aliphatic rings. The first kappa shape index (κ1) is 17.5. The van der Waals surface area contributed by atoms with Crippen molar-refractivity contribution >= 4 is 17.8 Å². The van der Waals surface area contributed by atoms with Gasteiger partial charge in [0.15, 0.2) is 0 Å². The molecule has 1 aromatic rings. The molecule has 1 aromatic carbocycles. The number of benzene rings is 1. The lowest BCUT2D eigenvalue weighted by Crippen LogP contribution is -2.50. The van der Waals surface area contributed by atoms with Crippen molar-refractivity contribution in [3.63, 3.8) is 0 Å². The maximum Gasteiger partial charge on any atom is 0.326 e. The van der Waals surface area contributed by atoms with Crippen molar-refractivity contribution in [3.05, 3.63) is 35.9 Å². The standard InChI is InChI=1S/C19H24N2O4/c22-16(11-13-5-2-1-3-6-13)21-10-4-7-15(12-21)18(23)20-17(19(24)25)14-8-9-14/h1-3,5-6,14-15,17H,4,7-12H2,(H,20,23)(H,24,25). The molecule has 2 atom stereocenters. The maximum absolute atomic E-state index is 12.5. The van der Waals surface area contributed by atoms with E-state index in [0.717, 1.165) is 24.8 Å². The van der Waals surface area contributed by atoms with Gasteiger partial charge in [0.05, 0.1) is 12.3 Å². The monoisotopic (exact) mass is 344 g/mol. The van der Waals surface area contributed by atoms with E-state index in [2.05, 4.69) is 5.32 Å². The highest BCUT2D eigenvalue weighted by Gasteiger charge is 2.39. The van der Waals surface area contributed by atoms with Crippen LogP contribution in [0.5, 0.6) is 0 Å². The molecule has 0 radical (unpaired) electrons. The average Bonchev–Trinajstić information content (AvgIpc) is 3.45. The predicted octanol–water partition coefficient (Wildman–Crippen LogP) is 1.45. The molecule has 2 amide bonds. The number of nitrogens with one attached hydrogen (secondary N) is 1. The van der Waals surface area contributed by atoms with Crippen LogP contribution in [-0.4, -0.2) is 46.9 Å². The number of hydrogen-bond acceptors (Lipinski definition) is 3. The Bertz CT molecular complexity index is 642. The van der Waals surface area contributed by atoms with Gasteiger partial charge < -0.3 is 15.3 Å². The summed E-state index contributed by atoms with van der Waals surface area (Å²) in [7, 11) is 0.